The Morgan fingerprint density at radius 2 is 2.00 bits per heavy atom. The average molecular weight is 505 g/mol. The van der Waals surface area contributed by atoms with Crippen LogP contribution in [0.3, 0.4) is 0 Å². The molecular formula is C22H21ClN4O6S. The Kier molecular flexibility index (Phi) is 7.69. The highest BCUT2D eigenvalue weighted by Crippen LogP contribution is 2.35. The molecule has 0 aliphatic heterocycles. The van der Waals surface area contributed by atoms with E-state index in [1.165, 1.54) is 44.4 Å². The molecule has 0 spiro atoms. The summed E-state index contributed by atoms with van der Waals surface area (Å²) in [4.78, 5) is 27.1. The minimum Gasteiger partial charge on any atom is -0.495 e. The van der Waals surface area contributed by atoms with Crippen molar-refractivity contribution in [3.05, 3.63) is 87.2 Å². The number of carbonyl (C=O) groups is 1. The Morgan fingerprint density at radius 3 is 2.65 bits per heavy atom. The van der Waals surface area contributed by atoms with E-state index in [0.717, 1.165) is 15.9 Å². The average Bonchev–Trinajstić information content (AvgIpc) is 2.81. The summed E-state index contributed by atoms with van der Waals surface area (Å²) in [6.45, 7) is 1.00. The van der Waals surface area contributed by atoms with E-state index in [4.69, 9.17) is 16.3 Å². The zero-order valence-electron chi connectivity index (χ0n) is 18.3. The second kappa shape index (κ2) is 10.5. The van der Waals surface area contributed by atoms with Crippen LogP contribution in [0, 0.1) is 17.0 Å². The molecule has 10 nitrogen and oxygen atoms in total. The van der Waals surface area contributed by atoms with Gasteiger partial charge in [0, 0.05) is 35.6 Å². The van der Waals surface area contributed by atoms with E-state index >= 15 is 0 Å². The smallest absolute Gasteiger partial charge is 0.273 e. The SMILES string of the molecule is COc1ccc(Cl)cc1N(CC(=O)NCc1cccnc1)S(=O)(=O)c1ccc(C)c([N+](=O)[O-])c1. The van der Waals surface area contributed by atoms with Crippen LogP contribution in [0.5, 0.6) is 5.75 Å². The van der Waals surface area contributed by atoms with Crippen molar-refractivity contribution in [2.24, 2.45) is 0 Å². The first-order chi connectivity index (χ1) is 16.1. The van der Waals surface area contributed by atoms with E-state index in [9.17, 15) is 23.3 Å². The first-order valence-corrected chi connectivity index (χ1v) is 11.7. The van der Waals surface area contributed by atoms with Gasteiger partial charge in [-0.25, -0.2) is 8.42 Å². The van der Waals surface area contributed by atoms with Gasteiger partial charge < -0.3 is 10.1 Å². The first-order valence-electron chi connectivity index (χ1n) is 9.90. The highest BCUT2D eigenvalue weighted by atomic mass is 35.5. The number of aromatic nitrogens is 1. The van der Waals surface area contributed by atoms with Gasteiger partial charge in [-0.3, -0.25) is 24.2 Å². The van der Waals surface area contributed by atoms with Gasteiger partial charge in [-0.05, 0) is 42.8 Å². The lowest BCUT2D eigenvalue weighted by Gasteiger charge is -2.26. The maximum absolute atomic E-state index is 13.6. The maximum Gasteiger partial charge on any atom is 0.273 e. The highest BCUT2D eigenvalue weighted by Gasteiger charge is 2.31. The van der Waals surface area contributed by atoms with Gasteiger partial charge in [0.25, 0.3) is 15.7 Å². The third-order valence-electron chi connectivity index (χ3n) is 4.87. The molecule has 0 radical (unpaired) electrons. The van der Waals surface area contributed by atoms with Crippen molar-refractivity contribution in [2.45, 2.75) is 18.4 Å². The number of benzene rings is 2. The molecule has 0 saturated heterocycles. The first kappa shape index (κ1) is 24.9. The Labute approximate surface area is 201 Å². The summed E-state index contributed by atoms with van der Waals surface area (Å²) >= 11 is 6.11. The largest absolute Gasteiger partial charge is 0.495 e. The third-order valence-corrected chi connectivity index (χ3v) is 6.87. The van der Waals surface area contributed by atoms with E-state index in [0.29, 0.717) is 5.56 Å². The summed E-state index contributed by atoms with van der Waals surface area (Å²) in [5.74, 6) is -0.467. The highest BCUT2D eigenvalue weighted by molar-refractivity contribution is 7.92. The number of aryl methyl sites for hydroxylation is 1. The number of anilines is 1. The molecule has 1 N–H and O–H groups in total. The Hall–Kier alpha value is -3.70. The Balaban J connectivity index is 2.03. The van der Waals surface area contributed by atoms with Gasteiger partial charge in [0.15, 0.2) is 0 Å². The normalized spacial score (nSPS) is 11.0. The summed E-state index contributed by atoms with van der Waals surface area (Å²) in [5.41, 5.74) is 0.666. The molecule has 1 heterocycles. The van der Waals surface area contributed by atoms with Crippen LogP contribution in [0.1, 0.15) is 11.1 Å². The fourth-order valence-corrected chi connectivity index (χ4v) is 4.73. The fraction of sp³-hybridized carbons (Fsp3) is 0.182. The van der Waals surface area contributed by atoms with Crippen LogP contribution < -0.4 is 14.4 Å². The Bertz CT molecular complexity index is 1320. The Morgan fingerprint density at radius 1 is 1.24 bits per heavy atom. The predicted octanol–water partition coefficient (Wildman–Crippen LogP) is 3.47. The second-order valence-corrected chi connectivity index (χ2v) is 9.47. The predicted molar refractivity (Wildman–Crippen MR) is 126 cm³/mol. The van der Waals surface area contributed by atoms with Crippen molar-refractivity contribution in [2.75, 3.05) is 18.0 Å². The van der Waals surface area contributed by atoms with E-state index in [1.807, 2.05) is 0 Å². The number of rotatable bonds is 9. The van der Waals surface area contributed by atoms with Gasteiger partial charge in [0.05, 0.1) is 22.6 Å². The van der Waals surface area contributed by atoms with E-state index in [1.54, 1.807) is 24.5 Å². The molecule has 178 valence electrons. The van der Waals surface area contributed by atoms with Gasteiger partial charge in [-0.1, -0.05) is 23.7 Å². The molecule has 1 amide bonds. The molecule has 0 aliphatic carbocycles. The number of hydrogen-bond acceptors (Lipinski definition) is 7. The van der Waals surface area contributed by atoms with E-state index in [2.05, 4.69) is 10.3 Å². The molecule has 0 atom stereocenters. The molecule has 0 bridgehead atoms. The molecule has 3 rings (SSSR count). The van der Waals surface area contributed by atoms with Crippen LogP contribution in [0.4, 0.5) is 11.4 Å². The minimum atomic E-state index is -4.44. The summed E-state index contributed by atoms with van der Waals surface area (Å²) in [6.07, 6.45) is 3.16. The fourth-order valence-electron chi connectivity index (χ4n) is 3.12. The molecule has 0 aliphatic rings. The molecule has 1 aromatic heterocycles. The number of amides is 1. The van der Waals surface area contributed by atoms with Crippen molar-refractivity contribution < 1.29 is 22.9 Å². The van der Waals surface area contributed by atoms with Crippen LogP contribution in [0.15, 0.2) is 65.8 Å². The number of halogens is 1. The van der Waals surface area contributed by atoms with Crippen molar-refractivity contribution >= 4 is 38.9 Å². The van der Waals surface area contributed by atoms with Crippen molar-refractivity contribution in [3.8, 4) is 5.75 Å². The number of nitro groups is 1. The molecule has 0 fully saturated rings. The van der Waals surface area contributed by atoms with Crippen LogP contribution in [-0.2, 0) is 21.4 Å². The standard InChI is InChI=1S/C22H21ClN4O6S/c1-15-5-7-18(11-19(15)27(29)30)34(31,32)26(20-10-17(23)6-8-21(20)33-2)14-22(28)25-13-16-4-3-9-24-12-16/h3-12H,13-14H2,1-2H3,(H,25,28). The number of nitro benzene ring substituents is 1. The van der Waals surface area contributed by atoms with E-state index < -0.39 is 27.4 Å². The number of pyridine rings is 1. The summed E-state index contributed by atoms with van der Waals surface area (Å²) in [5, 5.41) is 14.2. The number of ether oxygens (including phenoxy) is 1. The second-order valence-electron chi connectivity index (χ2n) is 7.17. The van der Waals surface area contributed by atoms with Crippen molar-refractivity contribution in [3.63, 3.8) is 0 Å². The van der Waals surface area contributed by atoms with E-state index in [-0.39, 0.29) is 33.6 Å². The lowest BCUT2D eigenvalue weighted by atomic mass is 10.2. The quantitative estimate of drug-likeness (QED) is 0.348. The zero-order valence-corrected chi connectivity index (χ0v) is 19.8. The van der Waals surface area contributed by atoms with Crippen LogP contribution >= 0.6 is 11.6 Å². The topological polar surface area (TPSA) is 132 Å². The molecule has 12 heteroatoms. The number of nitrogens with zero attached hydrogens (tertiary/aromatic N) is 3. The molecular weight excluding hydrogens is 484 g/mol. The zero-order chi connectivity index (χ0) is 24.9. The number of methoxy groups -OCH3 is 1. The van der Waals surface area contributed by atoms with Gasteiger partial charge in [-0.15, -0.1) is 0 Å². The van der Waals surface area contributed by atoms with Crippen molar-refractivity contribution in [1.82, 2.24) is 10.3 Å². The molecule has 0 saturated carbocycles. The van der Waals surface area contributed by atoms with Gasteiger partial charge in [0.1, 0.15) is 12.3 Å². The lowest BCUT2D eigenvalue weighted by molar-refractivity contribution is -0.385. The molecule has 34 heavy (non-hydrogen) atoms. The van der Waals surface area contributed by atoms with Crippen LogP contribution in [0.2, 0.25) is 5.02 Å². The number of hydrogen-bond donors (Lipinski definition) is 1. The third kappa shape index (κ3) is 5.61. The maximum atomic E-state index is 13.6. The lowest BCUT2D eigenvalue weighted by Crippen LogP contribution is -2.41. The number of sulfonamides is 1. The molecule has 0 unspecified atom stereocenters. The summed E-state index contributed by atoms with van der Waals surface area (Å²) < 4.78 is 33.3. The summed E-state index contributed by atoms with van der Waals surface area (Å²) in [7, 11) is -3.09. The van der Waals surface area contributed by atoms with Crippen LogP contribution in [-0.4, -0.2) is 37.9 Å². The molecule has 2 aromatic carbocycles. The minimum absolute atomic E-state index is 0.00903. The van der Waals surface area contributed by atoms with Crippen LogP contribution in [0.25, 0.3) is 0 Å². The van der Waals surface area contributed by atoms with Gasteiger partial charge in [0.2, 0.25) is 5.91 Å². The van der Waals surface area contributed by atoms with Gasteiger partial charge >= 0.3 is 0 Å². The molecule has 3 aromatic rings. The van der Waals surface area contributed by atoms with Gasteiger partial charge in [-0.2, -0.15) is 0 Å². The monoisotopic (exact) mass is 504 g/mol. The summed E-state index contributed by atoms with van der Waals surface area (Å²) in [6, 6.07) is 11.3. The number of carbonyl (C=O) groups excluding carboxylic acids is 1. The van der Waals surface area contributed by atoms with Crippen molar-refractivity contribution in [1.29, 1.82) is 0 Å². The number of nitrogens with one attached hydrogen (secondary N) is 1.